The lowest BCUT2D eigenvalue weighted by Gasteiger charge is -2.05. The van der Waals surface area contributed by atoms with Crippen LogP contribution in [0.3, 0.4) is 0 Å². The Morgan fingerprint density at radius 2 is 1.30 bits per heavy atom. The Balaban J connectivity index is 2.48. The first kappa shape index (κ1) is 8.16. The molecule has 0 radical (unpaired) electrons. The largest absolute Gasteiger partial charge is 0.118 e. The van der Waals surface area contributed by atoms with Gasteiger partial charge in [-0.2, -0.15) is 0 Å². The molecule has 0 fully saturated rings. The molecule has 0 N–H and O–H groups in total. The van der Waals surface area contributed by atoms with Crippen LogP contribution in [0.25, 0.3) is 0 Å². The fraction of sp³-hybridized carbons (Fsp3) is 0.500. The van der Waals surface area contributed by atoms with Gasteiger partial charge in [0, 0.05) is 0 Å². The zero-order chi connectivity index (χ0) is 7.40. The summed E-state index contributed by atoms with van der Waals surface area (Å²) in [6, 6.07) is 0. The fourth-order valence-corrected chi connectivity index (χ4v) is 1.28. The monoisotopic (exact) mass is 176 g/mol. The predicted octanol–water partition coefficient (Wildman–Crippen LogP) is 3.11. The topological polar surface area (TPSA) is 0 Å². The Kier molecular flexibility index (Phi) is 3.30. The fourth-order valence-electron chi connectivity index (χ4n) is 0.870. The molecule has 10 heavy (non-hydrogen) atoms. The third-order valence-corrected chi connectivity index (χ3v) is 2.06. The Morgan fingerprint density at radius 3 is 1.70 bits per heavy atom. The average Bonchev–Trinajstić information content (AvgIpc) is 1.84. The second-order valence-corrected chi connectivity index (χ2v) is 3.48. The number of hydrogen-bond donors (Lipinski definition) is 0. The molecule has 1 rings (SSSR count). The molecule has 2 atom stereocenters. The normalized spacial score (nSPS) is 39.8. The van der Waals surface area contributed by atoms with Crippen molar-refractivity contribution < 1.29 is 0 Å². The first-order chi connectivity index (χ1) is 4.79. The molecule has 0 spiro atoms. The number of allylic oxidation sites excluding steroid dienone is 4. The van der Waals surface area contributed by atoms with Crippen molar-refractivity contribution in [1.29, 1.82) is 0 Å². The van der Waals surface area contributed by atoms with E-state index in [0.717, 1.165) is 12.8 Å². The van der Waals surface area contributed by atoms with E-state index in [1.165, 1.54) is 0 Å². The van der Waals surface area contributed by atoms with Crippen molar-refractivity contribution in [3.05, 3.63) is 24.3 Å². The van der Waals surface area contributed by atoms with Crippen molar-refractivity contribution >= 4 is 23.2 Å². The van der Waals surface area contributed by atoms with Gasteiger partial charge in [0.1, 0.15) is 0 Å². The van der Waals surface area contributed by atoms with Crippen molar-refractivity contribution in [2.45, 2.75) is 23.6 Å². The van der Waals surface area contributed by atoms with Gasteiger partial charge < -0.3 is 0 Å². The van der Waals surface area contributed by atoms with Gasteiger partial charge in [0.05, 0.1) is 10.8 Å². The molecule has 0 heterocycles. The lowest BCUT2D eigenvalue weighted by molar-refractivity contribution is 0.971. The van der Waals surface area contributed by atoms with Gasteiger partial charge in [-0.25, -0.2) is 0 Å². The molecule has 56 valence electrons. The van der Waals surface area contributed by atoms with Crippen LogP contribution in [0.1, 0.15) is 12.8 Å². The van der Waals surface area contributed by atoms with Gasteiger partial charge >= 0.3 is 0 Å². The third-order valence-electron chi connectivity index (χ3n) is 1.41. The van der Waals surface area contributed by atoms with E-state index >= 15 is 0 Å². The predicted molar refractivity (Wildman–Crippen MR) is 46.8 cm³/mol. The first-order valence-corrected chi connectivity index (χ1v) is 4.28. The highest BCUT2D eigenvalue weighted by molar-refractivity contribution is 6.22. The SMILES string of the molecule is ClC1/C=C\CC(Cl)/C=C\C1. The van der Waals surface area contributed by atoms with E-state index < -0.39 is 0 Å². The van der Waals surface area contributed by atoms with Crippen molar-refractivity contribution in [3.63, 3.8) is 0 Å². The molecule has 0 saturated heterocycles. The minimum absolute atomic E-state index is 0.153. The highest BCUT2D eigenvalue weighted by Crippen LogP contribution is 2.13. The zero-order valence-corrected chi connectivity index (χ0v) is 7.15. The Morgan fingerprint density at radius 1 is 0.900 bits per heavy atom. The summed E-state index contributed by atoms with van der Waals surface area (Å²) in [5.41, 5.74) is 0. The summed E-state index contributed by atoms with van der Waals surface area (Å²) in [6.07, 6.45) is 9.86. The van der Waals surface area contributed by atoms with Gasteiger partial charge in [-0.3, -0.25) is 0 Å². The van der Waals surface area contributed by atoms with Gasteiger partial charge in [0.25, 0.3) is 0 Å². The summed E-state index contributed by atoms with van der Waals surface area (Å²) in [4.78, 5) is 0. The molecule has 0 bridgehead atoms. The van der Waals surface area contributed by atoms with Crippen LogP contribution < -0.4 is 0 Å². The van der Waals surface area contributed by atoms with Crippen LogP contribution >= 0.6 is 23.2 Å². The maximum absolute atomic E-state index is 5.86. The van der Waals surface area contributed by atoms with E-state index in [-0.39, 0.29) is 10.8 Å². The highest BCUT2D eigenvalue weighted by atomic mass is 35.5. The maximum atomic E-state index is 5.86. The molecule has 0 aromatic carbocycles. The van der Waals surface area contributed by atoms with Gasteiger partial charge in [0.2, 0.25) is 0 Å². The molecule has 0 nitrogen and oxygen atoms in total. The van der Waals surface area contributed by atoms with E-state index in [1.807, 2.05) is 24.3 Å². The van der Waals surface area contributed by atoms with E-state index in [4.69, 9.17) is 23.2 Å². The summed E-state index contributed by atoms with van der Waals surface area (Å²) in [5.74, 6) is 0. The molecule has 2 unspecified atom stereocenters. The van der Waals surface area contributed by atoms with Crippen LogP contribution in [0.15, 0.2) is 24.3 Å². The Labute approximate surface area is 71.5 Å². The number of hydrogen-bond acceptors (Lipinski definition) is 0. The summed E-state index contributed by atoms with van der Waals surface area (Å²) in [7, 11) is 0. The van der Waals surface area contributed by atoms with Gasteiger partial charge in [-0.1, -0.05) is 24.3 Å². The van der Waals surface area contributed by atoms with E-state index in [0.29, 0.717) is 0 Å². The van der Waals surface area contributed by atoms with Crippen LogP contribution in [0.4, 0.5) is 0 Å². The molecule has 0 amide bonds. The van der Waals surface area contributed by atoms with Crippen molar-refractivity contribution in [3.8, 4) is 0 Å². The molecule has 1 aliphatic rings. The van der Waals surface area contributed by atoms with Crippen LogP contribution in [-0.2, 0) is 0 Å². The smallest absolute Gasteiger partial charge is 0.0550 e. The van der Waals surface area contributed by atoms with Crippen molar-refractivity contribution in [2.75, 3.05) is 0 Å². The molecule has 0 aliphatic heterocycles. The summed E-state index contributed by atoms with van der Waals surface area (Å²) < 4.78 is 0. The van der Waals surface area contributed by atoms with Crippen LogP contribution in [0.5, 0.6) is 0 Å². The first-order valence-electron chi connectivity index (χ1n) is 3.40. The molecular formula is C8H10Cl2. The lowest BCUT2D eigenvalue weighted by atomic mass is 10.1. The molecule has 0 aromatic heterocycles. The van der Waals surface area contributed by atoms with Crippen LogP contribution in [0.2, 0.25) is 0 Å². The maximum Gasteiger partial charge on any atom is 0.0550 e. The van der Waals surface area contributed by atoms with Crippen LogP contribution in [-0.4, -0.2) is 10.8 Å². The van der Waals surface area contributed by atoms with Gasteiger partial charge in [0.15, 0.2) is 0 Å². The highest BCUT2D eigenvalue weighted by Gasteiger charge is 2.02. The molecule has 1 aliphatic carbocycles. The molecular weight excluding hydrogens is 167 g/mol. The van der Waals surface area contributed by atoms with Gasteiger partial charge in [-0.05, 0) is 12.8 Å². The van der Waals surface area contributed by atoms with E-state index in [9.17, 15) is 0 Å². The van der Waals surface area contributed by atoms with Crippen molar-refractivity contribution in [1.82, 2.24) is 0 Å². The minimum Gasteiger partial charge on any atom is -0.118 e. The Hall–Kier alpha value is 0.0600. The summed E-state index contributed by atoms with van der Waals surface area (Å²) in [6.45, 7) is 0. The second kappa shape index (κ2) is 4.05. The summed E-state index contributed by atoms with van der Waals surface area (Å²) in [5, 5.41) is 0.306. The number of rotatable bonds is 0. The minimum atomic E-state index is 0.153. The van der Waals surface area contributed by atoms with Crippen molar-refractivity contribution in [2.24, 2.45) is 0 Å². The zero-order valence-electron chi connectivity index (χ0n) is 5.63. The molecule has 0 aromatic rings. The number of halogens is 2. The third kappa shape index (κ3) is 2.76. The molecule has 2 heteroatoms. The quantitative estimate of drug-likeness (QED) is 0.394. The lowest BCUT2D eigenvalue weighted by Crippen LogP contribution is -1.97. The average molecular weight is 177 g/mol. The number of alkyl halides is 2. The Bertz CT molecular complexity index is 131. The molecule has 0 saturated carbocycles. The standard InChI is InChI=1S/C8H10Cl2/c9-7-3-1-4-8(10)6-2-5-7/h1-3,6-8H,4-5H2/b3-1-,6-2-. The van der Waals surface area contributed by atoms with Gasteiger partial charge in [-0.15, -0.1) is 23.2 Å². The second-order valence-electron chi connectivity index (χ2n) is 2.36. The van der Waals surface area contributed by atoms with Crippen LogP contribution in [0, 0.1) is 0 Å². The summed E-state index contributed by atoms with van der Waals surface area (Å²) >= 11 is 11.7. The van der Waals surface area contributed by atoms with E-state index in [1.54, 1.807) is 0 Å². The van der Waals surface area contributed by atoms with E-state index in [2.05, 4.69) is 0 Å².